The average molecular weight is 410 g/mol. The average Bonchev–Trinajstić information content (AvgIpc) is 2.66. The van der Waals surface area contributed by atoms with Gasteiger partial charge in [-0.15, -0.1) is 0 Å². The van der Waals surface area contributed by atoms with E-state index in [4.69, 9.17) is 14.2 Å². The minimum atomic E-state index is -0.719. The van der Waals surface area contributed by atoms with Gasteiger partial charge in [0.15, 0.2) is 0 Å². The fourth-order valence-corrected chi connectivity index (χ4v) is 3.42. The van der Waals surface area contributed by atoms with Crippen LogP contribution in [-0.2, 0) is 16.0 Å². The molecule has 0 amide bonds. The lowest BCUT2D eigenvalue weighted by Gasteiger charge is -2.32. The van der Waals surface area contributed by atoms with Crippen LogP contribution in [0.2, 0.25) is 0 Å². The predicted molar refractivity (Wildman–Crippen MR) is 112 cm³/mol. The highest BCUT2D eigenvalue weighted by atomic mass is 16.5. The van der Waals surface area contributed by atoms with Gasteiger partial charge in [-0.25, -0.2) is 0 Å². The number of hydrogen-bond donors (Lipinski definition) is 1. The van der Waals surface area contributed by atoms with E-state index in [1.807, 2.05) is 32.1 Å². The van der Waals surface area contributed by atoms with Crippen LogP contribution in [-0.4, -0.2) is 17.0 Å². The van der Waals surface area contributed by atoms with Crippen LogP contribution >= 0.6 is 0 Å². The van der Waals surface area contributed by atoms with Crippen LogP contribution in [0.4, 0.5) is 0 Å². The Balaban J connectivity index is 1.97. The van der Waals surface area contributed by atoms with Gasteiger partial charge in [0.1, 0.15) is 23.4 Å². The lowest BCUT2D eigenvalue weighted by atomic mass is 9.92. The Morgan fingerprint density at radius 3 is 2.30 bits per heavy atom. The van der Waals surface area contributed by atoms with Gasteiger partial charge >= 0.3 is 11.9 Å². The molecule has 2 atom stereocenters. The molecule has 3 rings (SSSR count). The number of rotatable bonds is 5. The summed E-state index contributed by atoms with van der Waals surface area (Å²) in [7, 11) is 0. The molecule has 0 saturated carbocycles. The molecule has 0 radical (unpaired) electrons. The first-order valence-electron chi connectivity index (χ1n) is 9.85. The van der Waals surface area contributed by atoms with Gasteiger partial charge in [0.05, 0.1) is 6.10 Å². The Labute approximate surface area is 176 Å². The quantitative estimate of drug-likeness (QED) is 0.441. The van der Waals surface area contributed by atoms with E-state index >= 15 is 0 Å². The molecule has 2 aromatic carbocycles. The number of fused-ring (bicyclic) bond motifs is 1. The van der Waals surface area contributed by atoms with Gasteiger partial charge in [-0.2, -0.15) is 0 Å². The maximum Gasteiger partial charge on any atom is 0.308 e. The number of allylic oxidation sites excluding steroid dienone is 2. The smallest absolute Gasteiger partial charge is 0.308 e. The number of carbonyl (C=O) groups is 2. The summed E-state index contributed by atoms with van der Waals surface area (Å²) in [4.78, 5) is 22.7. The Morgan fingerprint density at radius 2 is 1.70 bits per heavy atom. The predicted octanol–water partition coefficient (Wildman–Crippen LogP) is 4.60. The zero-order valence-electron chi connectivity index (χ0n) is 17.6. The van der Waals surface area contributed by atoms with Gasteiger partial charge in [-0.05, 0) is 50.1 Å². The van der Waals surface area contributed by atoms with Crippen molar-refractivity contribution >= 4 is 11.9 Å². The molecule has 0 saturated heterocycles. The van der Waals surface area contributed by atoms with Crippen molar-refractivity contribution in [3.05, 3.63) is 64.7 Å². The summed E-state index contributed by atoms with van der Waals surface area (Å²) in [6.45, 7) is 6.68. The maximum atomic E-state index is 11.6. The largest absolute Gasteiger partial charge is 0.485 e. The van der Waals surface area contributed by atoms with Crippen LogP contribution < -0.4 is 14.2 Å². The highest BCUT2D eigenvalue weighted by Gasteiger charge is 2.31. The van der Waals surface area contributed by atoms with Crippen LogP contribution in [0.5, 0.6) is 17.2 Å². The molecule has 0 aliphatic carbocycles. The van der Waals surface area contributed by atoms with E-state index < -0.39 is 18.2 Å². The molecule has 1 aliphatic heterocycles. The van der Waals surface area contributed by atoms with Gasteiger partial charge in [0.2, 0.25) is 0 Å². The monoisotopic (exact) mass is 410 g/mol. The molecular weight excluding hydrogens is 384 g/mol. The van der Waals surface area contributed by atoms with Crippen molar-refractivity contribution < 1.29 is 28.9 Å². The lowest BCUT2D eigenvalue weighted by Crippen LogP contribution is -2.21. The van der Waals surface area contributed by atoms with Crippen LogP contribution in [0.1, 0.15) is 63.0 Å². The van der Waals surface area contributed by atoms with E-state index in [1.165, 1.54) is 13.8 Å². The molecule has 6 nitrogen and oxygen atoms in total. The minimum absolute atomic E-state index is 0.384. The third-order valence-corrected chi connectivity index (χ3v) is 4.79. The second-order valence-electron chi connectivity index (χ2n) is 7.56. The minimum Gasteiger partial charge on any atom is -0.485 e. The number of benzene rings is 2. The van der Waals surface area contributed by atoms with Crippen molar-refractivity contribution in [1.29, 1.82) is 0 Å². The highest BCUT2D eigenvalue weighted by Crippen LogP contribution is 2.46. The molecule has 30 heavy (non-hydrogen) atoms. The van der Waals surface area contributed by atoms with Crippen LogP contribution in [0, 0.1) is 0 Å². The van der Waals surface area contributed by atoms with E-state index in [2.05, 4.69) is 0 Å². The van der Waals surface area contributed by atoms with Crippen molar-refractivity contribution in [3.63, 3.8) is 0 Å². The summed E-state index contributed by atoms with van der Waals surface area (Å²) in [5.74, 6) is 0.616. The van der Waals surface area contributed by atoms with Crippen LogP contribution in [0.3, 0.4) is 0 Å². The van der Waals surface area contributed by atoms with E-state index in [1.54, 1.807) is 24.3 Å². The van der Waals surface area contributed by atoms with E-state index in [0.29, 0.717) is 35.7 Å². The number of hydrogen-bond acceptors (Lipinski definition) is 6. The molecular formula is C24H26O6. The van der Waals surface area contributed by atoms with Crippen LogP contribution in [0.15, 0.2) is 48.0 Å². The number of esters is 2. The summed E-state index contributed by atoms with van der Waals surface area (Å²) < 4.78 is 16.8. The molecule has 1 aliphatic rings. The van der Waals surface area contributed by atoms with E-state index in [9.17, 15) is 14.7 Å². The second-order valence-corrected chi connectivity index (χ2v) is 7.56. The summed E-state index contributed by atoms with van der Waals surface area (Å²) in [5, 5.41) is 10.8. The second kappa shape index (κ2) is 9.13. The first-order chi connectivity index (χ1) is 14.2. The Morgan fingerprint density at radius 1 is 1.03 bits per heavy atom. The first kappa shape index (κ1) is 21.6. The molecule has 1 heterocycles. The molecule has 158 valence electrons. The topological polar surface area (TPSA) is 82.1 Å². The molecule has 0 fully saturated rings. The fraction of sp³-hybridized carbons (Fsp3) is 0.333. The summed E-state index contributed by atoms with van der Waals surface area (Å²) >= 11 is 0. The standard InChI is InChI=1S/C24H26O6/c1-14(2)5-10-20-22(29-16(4)26)12-11-19-21(27)13-23(30-24(19)20)17-6-8-18(9-7-17)28-15(3)25/h5-9,11-12,21,23,27H,10,13H2,1-4H3/t21-,23-/m1/s1. The van der Waals surface area contributed by atoms with Gasteiger partial charge < -0.3 is 19.3 Å². The SMILES string of the molecule is CC(=O)Oc1ccc([C@H]2C[C@@H](O)c3ccc(OC(C)=O)c(CC=C(C)C)c3O2)cc1. The highest BCUT2D eigenvalue weighted by molar-refractivity contribution is 5.71. The Hall–Kier alpha value is -3.12. The van der Waals surface area contributed by atoms with E-state index in [0.717, 1.165) is 16.7 Å². The van der Waals surface area contributed by atoms with Crippen molar-refractivity contribution in [3.8, 4) is 17.2 Å². The number of ether oxygens (including phenoxy) is 3. The molecule has 0 aromatic heterocycles. The third-order valence-electron chi connectivity index (χ3n) is 4.79. The zero-order chi connectivity index (χ0) is 21.8. The van der Waals surface area contributed by atoms with Gasteiger partial charge in [0, 0.05) is 31.4 Å². The van der Waals surface area contributed by atoms with Gasteiger partial charge in [0.25, 0.3) is 0 Å². The third kappa shape index (κ3) is 5.07. The van der Waals surface area contributed by atoms with Crippen LogP contribution in [0.25, 0.3) is 0 Å². The molecule has 0 unspecified atom stereocenters. The maximum absolute atomic E-state index is 11.6. The molecule has 1 N–H and O–H groups in total. The van der Waals surface area contributed by atoms with Crippen molar-refractivity contribution in [1.82, 2.24) is 0 Å². The van der Waals surface area contributed by atoms with Gasteiger partial charge in [-0.1, -0.05) is 23.8 Å². The Bertz CT molecular complexity index is 970. The molecule has 6 heteroatoms. The number of aliphatic hydroxyl groups is 1. The molecule has 0 bridgehead atoms. The summed E-state index contributed by atoms with van der Waals surface area (Å²) in [6, 6.07) is 10.5. The van der Waals surface area contributed by atoms with Gasteiger partial charge in [-0.3, -0.25) is 9.59 Å². The van der Waals surface area contributed by atoms with Crippen molar-refractivity contribution in [2.24, 2.45) is 0 Å². The molecule has 0 spiro atoms. The Kier molecular flexibility index (Phi) is 6.57. The van der Waals surface area contributed by atoms with Crippen molar-refractivity contribution in [2.45, 2.75) is 52.7 Å². The molecule has 2 aromatic rings. The normalized spacial score (nSPS) is 17.4. The van der Waals surface area contributed by atoms with E-state index in [-0.39, 0.29) is 5.97 Å². The first-order valence-corrected chi connectivity index (χ1v) is 9.85. The number of carbonyl (C=O) groups excluding carboxylic acids is 2. The van der Waals surface area contributed by atoms with Crippen molar-refractivity contribution in [2.75, 3.05) is 0 Å². The number of aliphatic hydroxyl groups excluding tert-OH is 1. The fourth-order valence-electron chi connectivity index (χ4n) is 3.42. The lowest BCUT2D eigenvalue weighted by molar-refractivity contribution is -0.132. The summed E-state index contributed by atoms with van der Waals surface area (Å²) in [5.41, 5.74) is 3.37. The zero-order valence-corrected chi connectivity index (χ0v) is 17.6. The summed E-state index contributed by atoms with van der Waals surface area (Å²) in [6.07, 6.45) is 1.81.